The van der Waals surface area contributed by atoms with Gasteiger partial charge in [0.2, 0.25) is 0 Å². The molecule has 0 rings (SSSR count). The van der Waals surface area contributed by atoms with E-state index in [-0.39, 0.29) is 5.60 Å². The highest BCUT2D eigenvalue weighted by Crippen LogP contribution is 2.14. The van der Waals surface area contributed by atoms with Gasteiger partial charge in [-0.25, -0.2) is 0 Å². The van der Waals surface area contributed by atoms with Crippen LogP contribution in [0.5, 0.6) is 0 Å². The lowest BCUT2D eigenvalue weighted by molar-refractivity contribution is -0.140. The summed E-state index contributed by atoms with van der Waals surface area (Å²) in [6, 6.07) is 0. The van der Waals surface area contributed by atoms with Gasteiger partial charge in [0.15, 0.2) is 0 Å². The van der Waals surface area contributed by atoms with Crippen LogP contribution in [0.4, 0.5) is 0 Å². The van der Waals surface area contributed by atoms with Crippen molar-refractivity contribution in [2.24, 2.45) is 0 Å². The topological polar surface area (TPSA) is 39.7 Å². The van der Waals surface area contributed by atoms with E-state index in [4.69, 9.17) is 14.3 Å². The van der Waals surface area contributed by atoms with Crippen molar-refractivity contribution in [3.63, 3.8) is 0 Å². The summed E-state index contributed by atoms with van der Waals surface area (Å²) in [5.41, 5.74) is 2.17. The van der Waals surface area contributed by atoms with E-state index in [0.29, 0.717) is 6.61 Å². The first-order valence-electron chi connectivity index (χ1n) is 4.82. The molecule has 0 aliphatic carbocycles. The molecule has 0 aliphatic heterocycles. The summed E-state index contributed by atoms with van der Waals surface area (Å²) >= 11 is 0. The van der Waals surface area contributed by atoms with E-state index in [0.717, 1.165) is 6.42 Å². The van der Waals surface area contributed by atoms with Gasteiger partial charge in [-0.1, -0.05) is 0 Å². The average molecular weight is 205 g/mol. The van der Waals surface area contributed by atoms with Gasteiger partial charge < -0.3 is 14.3 Å². The van der Waals surface area contributed by atoms with Gasteiger partial charge >= 0.3 is 0 Å². The van der Waals surface area contributed by atoms with Crippen molar-refractivity contribution in [3.05, 3.63) is 0 Å². The molecule has 4 heteroatoms. The zero-order chi connectivity index (χ0) is 11.2. The van der Waals surface area contributed by atoms with Crippen molar-refractivity contribution in [3.8, 4) is 0 Å². The van der Waals surface area contributed by atoms with Crippen LogP contribution >= 0.6 is 0 Å². The Morgan fingerprint density at radius 3 is 2.07 bits per heavy atom. The SMILES string of the molecule is CONC(C)(C)OCCC(C)(C)OC. The lowest BCUT2D eigenvalue weighted by Gasteiger charge is -2.28. The summed E-state index contributed by atoms with van der Waals surface area (Å²) < 4.78 is 10.9. The van der Waals surface area contributed by atoms with Crippen LogP contribution in [0.2, 0.25) is 0 Å². The fourth-order valence-corrected chi connectivity index (χ4v) is 0.929. The highest BCUT2D eigenvalue weighted by molar-refractivity contribution is 4.68. The van der Waals surface area contributed by atoms with Gasteiger partial charge in [0.25, 0.3) is 0 Å². The summed E-state index contributed by atoms with van der Waals surface area (Å²) in [5, 5.41) is 0. The third kappa shape index (κ3) is 6.32. The molecular weight excluding hydrogens is 182 g/mol. The van der Waals surface area contributed by atoms with Crippen LogP contribution in [-0.2, 0) is 14.3 Å². The van der Waals surface area contributed by atoms with E-state index in [1.165, 1.54) is 0 Å². The minimum Gasteiger partial charge on any atom is -0.379 e. The second-order valence-corrected chi connectivity index (χ2v) is 4.38. The number of hydrogen-bond acceptors (Lipinski definition) is 4. The zero-order valence-corrected chi connectivity index (χ0v) is 10.1. The second-order valence-electron chi connectivity index (χ2n) is 4.38. The Labute approximate surface area is 86.9 Å². The van der Waals surface area contributed by atoms with Crippen LogP contribution in [0.1, 0.15) is 34.1 Å². The van der Waals surface area contributed by atoms with Crippen molar-refractivity contribution in [2.75, 3.05) is 20.8 Å². The normalized spacial score (nSPS) is 13.3. The maximum absolute atomic E-state index is 5.59. The van der Waals surface area contributed by atoms with Gasteiger partial charge in [0.1, 0.15) is 5.72 Å². The summed E-state index contributed by atoms with van der Waals surface area (Å²) in [7, 11) is 3.28. The minimum atomic E-state index is -0.460. The Hall–Kier alpha value is -0.160. The monoisotopic (exact) mass is 205 g/mol. The van der Waals surface area contributed by atoms with Crippen LogP contribution < -0.4 is 5.48 Å². The van der Waals surface area contributed by atoms with Crippen molar-refractivity contribution >= 4 is 0 Å². The molecule has 0 atom stereocenters. The van der Waals surface area contributed by atoms with E-state index in [1.807, 2.05) is 27.7 Å². The molecule has 0 aromatic heterocycles. The van der Waals surface area contributed by atoms with Crippen LogP contribution in [-0.4, -0.2) is 32.2 Å². The number of hydrogen-bond donors (Lipinski definition) is 1. The van der Waals surface area contributed by atoms with E-state index < -0.39 is 5.72 Å². The van der Waals surface area contributed by atoms with Crippen LogP contribution in [0, 0.1) is 0 Å². The zero-order valence-electron chi connectivity index (χ0n) is 10.1. The maximum atomic E-state index is 5.59. The van der Waals surface area contributed by atoms with Crippen molar-refractivity contribution in [1.29, 1.82) is 0 Å². The van der Waals surface area contributed by atoms with E-state index >= 15 is 0 Å². The lowest BCUT2D eigenvalue weighted by atomic mass is 10.1. The van der Waals surface area contributed by atoms with Crippen molar-refractivity contribution in [2.45, 2.75) is 45.4 Å². The quantitative estimate of drug-likeness (QED) is 0.507. The number of hydroxylamine groups is 1. The van der Waals surface area contributed by atoms with Crippen molar-refractivity contribution < 1.29 is 14.3 Å². The molecule has 0 aromatic carbocycles. The third-order valence-electron chi connectivity index (χ3n) is 2.07. The summed E-state index contributed by atoms with van der Waals surface area (Å²) in [5.74, 6) is 0. The standard InChI is InChI=1S/C10H23NO3/c1-9(2,12-5)7-8-14-10(3,4)11-13-6/h11H,7-8H2,1-6H3. The van der Waals surface area contributed by atoms with Crippen LogP contribution in [0.15, 0.2) is 0 Å². The largest absolute Gasteiger partial charge is 0.379 e. The molecule has 0 aliphatic rings. The molecule has 0 saturated carbocycles. The molecule has 0 spiro atoms. The molecule has 0 bridgehead atoms. The molecule has 86 valence electrons. The summed E-state index contributed by atoms with van der Waals surface area (Å²) in [4.78, 5) is 4.81. The molecule has 4 nitrogen and oxygen atoms in total. The van der Waals surface area contributed by atoms with Gasteiger partial charge in [0.05, 0.1) is 19.3 Å². The Kier molecular flexibility index (Phi) is 5.59. The molecule has 0 fully saturated rings. The molecular formula is C10H23NO3. The molecule has 0 unspecified atom stereocenters. The average Bonchev–Trinajstić information content (AvgIpc) is 2.03. The van der Waals surface area contributed by atoms with Gasteiger partial charge in [-0.2, -0.15) is 5.48 Å². The molecule has 0 amide bonds. The Morgan fingerprint density at radius 1 is 1.07 bits per heavy atom. The first-order chi connectivity index (χ1) is 6.33. The molecule has 0 aromatic rings. The van der Waals surface area contributed by atoms with E-state index in [1.54, 1.807) is 14.2 Å². The van der Waals surface area contributed by atoms with Crippen LogP contribution in [0.25, 0.3) is 0 Å². The maximum Gasteiger partial charge on any atom is 0.135 e. The molecule has 0 saturated heterocycles. The van der Waals surface area contributed by atoms with Gasteiger partial charge in [-0.05, 0) is 34.1 Å². The Balaban J connectivity index is 3.73. The number of nitrogens with one attached hydrogen (secondary N) is 1. The number of ether oxygens (including phenoxy) is 2. The first-order valence-corrected chi connectivity index (χ1v) is 4.82. The van der Waals surface area contributed by atoms with Gasteiger partial charge in [0, 0.05) is 7.11 Å². The molecule has 1 N–H and O–H groups in total. The predicted molar refractivity (Wildman–Crippen MR) is 55.9 cm³/mol. The summed E-state index contributed by atoms with van der Waals surface area (Å²) in [6.07, 6.45) is 0.846. The Bertz CT molecular complexity index is 157. The smallest absolute Gasteiger partial charge is 0.135 e. The predicted octanol–water partition coefficient (Wildman–Crippen LogP) is 1.71. The van der Waals surface area contributed by atoms with Gasteiger partial charge in [-0.15, -0.1) is 0 Å². The fraction of sp³-hybridized carbons (Fsp3) is 1.00. The van der Waals surface area contributed by atoms with Crippen molar-refractivity contribution in [1.82, 2.24) is 5.48 Å². The van der Waals surface area contributed by atoms with Crippen LogP contribution in [0.3, 0.4) is 0 Å². The third-order valence-corrected chi connectivity index (χ3v) is 2.07. The lowest BCUT2D eigenvalue weighted by Crippen LogP contribution is -2.42. The highest BCUT2D eigenvalue weighted by Gasteiger charge is 2.21. The number of methoxy groups -OCH3 is 1. The highest BCUT2D eigenvalue weighted by atomic mass is 16.7. The fourth-order valence-electron chi connectivity index (χ4n) is 0.929. The first kappa shape index (κ1) is 13.8. The molecule has 14 heavy (non-hydrogen) atoms. The van der Waals surface area contributed by atoms with E-state index in [2.05, 4.69) is 5.48 Å². The Morgan fingerprint density at radius 2 is 1.64 bits per heavy atom. The minimum absolute atomic E-state index is 0.136. The second kappa shape index (κ2) is 5.66. The van der Waals surface area contributed by atoms with E-state index in [9.17, 15) is 0 Å². The molecule has 0 heterocycles. The number of rotatable bonds is 7. The molecule has 0 radical (unpaired) electrons. The van der Waals surface area contributed by atoms with Gasteiger partial charge in [-0.3, -0.25) is 0 Å². The summed E-state index contributed by atoms with van der Waals surface area (Å²) in [6.45, 7) is 8.52.